The molecule has 4 nitrogen and oxygen atoms in total. The molecule has 0 aromatic carbocycles. The van der Waals surface area contributed by atoms with Crippen LogP contribution in [-0.2, 0) is 16.8 Å². The van der Waals surface area contributed by atoms with Crippen molar-refractivity contribution in [1.29, 1.82) is 0 Å². The summed E-state index contributed by atoms with van der Waals surface area (Å²) in [5.41, 5.74) is 1.78. The second-order valence-electron chi connectivity index (χ2n) is 9.36. The fourth-order valence-electron chi connectivity index (χ4n) is 6.03. The molecule has 1 heterocycles. The molecule has 25 heavy (non-hydrogen) atoms. The second kappa shape index (κ2) is 6.66. The van der Waals surface area contributed by atoms with Crippen molar-refractivity contribution in [2.24, 2.45) is 17.8 Å². The van der Waals surface area contributed by atoms with E-state index in [0.29, 0.717) is 12.0 Å². The van der Waals surface area contributed by atoms with Crippen LogP contribution in [-0.4, -0.2) is 30.5 Å². The van der Waals surface area contributed by atoms with Crippen LogP contribution in [0.25, 0.3) is 0 Å². The molecule has 4 aliphatic carbocycles. The van der Waals surface area contributed by atoms with Gasteiger partial charge in [-0.3, -0.25) is 4.79 Å². The Morgan fingerprint density at radius 2 is 1.88 bits per heavy atom. The summed E-state index contributed by atoms with van der Waals surface area (Å²) >= 11 is 1.80. The molecule has 4 fully saturated rings. The average molecular weight is 363 g/mol. The number of rotatable bonds is 6. The molecular weight excluding hydrogens is 330 g/mol. The van der Waals surface area contributed by atoms with E-state index in [1.807, 2.05) is 13.8 Å². The number of hydrogen-bond donors (Lipinski definition) is 2. The molecule has 0 saturated heterocycles. The van der Waals surface area contributed by atoms with Gasteiger partial charge in [-0.15, -0.1) is 11.3 Å². The van der Waals surface area contributed by atoms with Gasteiger partial charge in [-0.25, -0.2) is 4.98 Å². The van der Waals surface area contributed by atoms with Crippen LogP contribution in [0.4, 0.5) is 0 Å². The van der Waals surface area contributed by atoms with Gasteiger partial charge in [0.2, 0.25) is 0 Å². The first-order chi connectivity index (χ1) is 11.9. The summed E-state index contributed by atoms with van der Waals surface area (Å²) in [4.78, 5) is 18.2. The van der Waals surface area contributed by atoms with Gasteiger partial charge < -0.3 is 10.2 Å². The lowest BCUT2D eigenvalue weighted by Gasteiger charge is -2.56. The molecule has 4 saturated carbocycles. The molecule has 4 aliphatic rings. The zero-order valence-corrected chi connectivity index (χ0v) is 16.6. The van der Waals surface area contributed by atoms with Crippen LogP contribution < -0.4 is 10.2 Å². The maximum atomic E-state index is 11.9. The Morgan fingerprint density at radius 3 is 2.44 bits per heavy atom. The van der Waals surface area contributed by atoms with Crippen LogP contribution in [0.5, 0.6) is 0 Å². The summed E-state index contributed by atoms with van der Waals surface area (Å²) in [6.07, 6.45) is 8.57. The number of nitrogens with one attached hydrogen (secondary N) is 2. The van der Waals surface area contributed by atoms with E-state index < -0.39 is 0 Å². The third-order valence-corrected chi connectivity index (χ3v) is 7.35. The van der Waals surface area contributed by atoms with Crippen molar-refractivity contribution in [3.05, 3.63) is 16.1 Å². The first-order valence-electron chi connectivity index (χ1n) is 9.97. The second-order valence-corrected chi connectivity index (χ2v) is 10.3. The summed E-state index contributed by atoms with van der Waals surface area (Å²) in [5.74, 6) is 3.02. The maximum absolute atomic E-state index is 11.9. The molecule has 4 bridgehead atoms. The number of likely N-dealkylation sites (N-methyl/N-ethyl adjacent to an activating group) is 1. The van der Waals surface area contributed by atoms with Crippen LogP contribution in [0.1, 0.15) is 63.1 Å². The van der Waals surface area contributed by atoms with Crippen LogP contribution in [0.2, 0.25) is 0 Å². The van der Waals surface area contributed by atoms with Crippen LogP contribution in [0, 0.1) is 17.8 Å². The molecule has 1 aromatic rings. The lowest BCUT2D eigenvalue weighted by Crippen LogP contribution is -3.09. The number of quaternary nitrogens is 1. The molecule has 1 atom stereocenters. The number of carbonyl (C=O) groups is 1. The standard InChI is InChI=1S/C20H31N3OS/c1-13(2)21-18(24)10-23(3)11-19-22-17(12-25-19)20-7-14-4-15(8-20)6-16(5-14)9-20/h12-16H,4-11H2,1-3H3,(H,21,24)/p+1. The summed E-state index contributed by atoms with van der Waals surface area (Å²) in [6.45, 7) is 5.38. The first kappa shape index (κ1) is 17.5. The SMILES string of the molecule is CC(C)NC(=O)C[NH+](C)Cc1nc(C23CC4CC(CC(C4)C2)C3)cs1. The lowest BCUT2D eigenvalue weighted by molar-refractivity contribution is -0.885. The maximum Gasteiger partial charge on any atom is 0.275 e. The Bertz CT molecular complexity index is 603. The molecule has 1 amide bonds. The summed E-state index contributed by atoms with van der Waals surface area (Å²) in [7, 11) is 2.09. The van der Waals surface area contributed by atoms with Gasteiger partial charge in [-0.1, -0.05) is 0 Å². The van der Waals surface area contributed by atoms with Gasteiger partial charge in [0.1, 0.15) is 11.6 Å². The molecule has 0 radical (unpaired) electrons. The molecule has 138 valence electrons. The highest BCUT2D eigenvalue weighted by Crippen LogP contribution is 2.60. The Hall–Kier alpha value is -0.940. The number of amides is 1. The predicted octanol–water partition coefficient (Wildman–Crippen LogP) is 2.15. The summed E-state index contributed by atoms with van der Waals surface area (Å²) < 4.78 is 0. The van der Waals surface area contributed by atoms with Gasteiger partial charge in [-0.05, 0) is 70.1 Å². The van der Waals surface area contributed by atoms with E-state index in [9.17, 15) is 4.79 Å². The van der Waals surface area contributed by atoms with Crippen molar-refractivity contribution in [3.8, 4) is 0 Å². The summed E-state index contributed by atoms with van der Waals surface area (Å²) in [5, 5.41) is 6.51. The lowest BCUT2D eigenvalue weighted by atomic mass is 9.49. The molecule has 5 heteroatoms. The molecule has 1 unspecified atom stereocenters. The van der Waals surface area contributed by atoms with Crippen molar-refractivity contribution < 1.29 is 9.69 Å². The fraction of sp³-hybridized carbons (Fsp3) is 0.800. The van der Waals surface area contributed by atoms with E-state index in [2.05, 4.69) is 17.7 Å². The first-order valence-corrected chi connectivity index (χ1v) is 10.9. The van der Waals surface area contributed by atoms with Gasteiger partial charge >= 0.3 is 0 Å². The minimum absolute atomic E-state index is 0.130. The highest BCUT2D eigenvalue weighted by atomic mass is 32.1. The van der Waals surface area contributed by atoms with Crippen LogP contribution >= 0.6 is 11.3 Å². The van der Waals surface area contributed by atoms with E-state index in [-0.39, 0.29) is 11.9 Å². The topological polar surface area (TPSA) is 46.4 Å². The van der Waals surface area contributed by atoms with Crippen LogP contribution in [0.15, 0.2) is 5.38 Å². The van der Waals surface area contributed by atoms with E-state index >= 15 is 0 Å². The van der Waals surface area contributed by atoms with E-state index in [0.717, 1.165) is 24.3 Å². The normalized spacial score (nSPS) is 34.5. The number of aromatic nitrogens is 1. The minimum atomic E-state index is 0.130. The zero-order chi connectivity index (χ0) is 17.6. The van der Waals surface area contributed by atoms with Crippen molar-refractivity contribution >= 4 is 17.2 Å². The van der Waals surface area contributed by atoms with Gasteiger partial charge in [0.05, 0.1) is 12.7 Å². The summed E-state index contributed by atoms with van der Waals surface area (Å²) in [6, 6.07) is 0.211. The molecule has 1 aromatic heterocycles. The highest BCUT2D eigenvalue weighted by molar-refractivity contribution is 7.09. The van der Waals surface area contributed by atoms with Crippen molar-refractivity contribution in [1.82, 2.24) is 10.3 Å². The van der Waals surface area contributed by atoms with E-state index in [1.54, 1.807) is 11.3 Å². The number of thiazole rings is 1. The Balaban J connectivity index is 1.40. The van der Waals surface area contributed by atoms with Gasteiger partial charge in [0.15, 0.2) is 6.54 Å². The molecule has 5 rings (SSSR count). The molecule has 2 N–H and O–H groups in total. The van der Waals surface area contributed by atoms with E-state index in [1.165, 1.54) is 54.1 Å². The zero-order valence-electron chi connectivity index (χ0n) is 15.8. The Kier molecular flexibility index (Phi) is 4.65. The third-order valence-electron chi connectivity index (χ3n) is 6.50. The van der Waals surface area contributed by atoms with Crippen molar-refractivity contribution in [2.75, 3.05) is 13.6 Å². The smallest absolute Gasteiger partial charge is 0.275 e. The highest BCUT2D eigenvalue weighted by Gasteiger charge is 2.52. The number of carbonyl (C=O) groups excluding carboxylic acids is 1. The molecule has 0 spiro atoms. The largest absolute Gasteiger partial charge is 0.349 e. The van der Waals surface area contributed by atoms with Gasteiger partial charge in [0.25, 0.3) is 5.91 Å². The average Bonchev–Trinajstić information content (AvgIpc) is 2.93. The third kappa shape index (κ3) is 3.63. The van der Waals surface area contributed by atoms with Gasteiger partial charge in [-0.2, -0.15) is 0 Å². The Labute approximate surface area is 155 Å². The molecular formula is C20H32N3OS+. The fourth-order valence-corrected chi connectivity index (χ4v) is 7.06. The predicted molar refractivity (Wildman–Crippen MR) is 101 cm³/mol. The van der Waals surface area contributed by atoms with E-state index in [4.69, 9.17) is 4.98 Å². The van der Waals surface area contributed by atoms with Gasteiger partial charge in [0, 0.05) is 16.8 Å². The number of nitrogens with zero attached hydrogens (tertiary/aromatic N) is 1. The van der Waals surface area contributed by atoms with Crippen LogP contribution in [0.3, 0.4) is 0 Å². The van der Waals surface area contributed by atoms with Crippen molar-refractivity contribution in [2.45, 2.75) is 70.4 Å². The Morgan fingerprint density at radius 1 is 1.28 bits per heavy atom. The minimum Gasteiger partial charge on any atom is -0.349 e. The monoisotopic (exact) mass is 362 g/mol. The quantitative estimate of drug-likeness (QED) is 0.815. The van der Waals surface area contributed by atoms with Crippen molar-refractivity contribution in [3.63, 3.8) is 0 Å². The number of hydrogen-bond acceptors (Lipinski definition) is 3. The molecule has 0 aliphatic heterocycles.